The van der Waals surface area contributed by atoms with E-state index in [0.29, 0.717) is 19.4 Å². The first kappa shape index (κ1) is 24.7. The highest BCUT2D eigenvalue weighted by Gasteiger charge is 2.33. The number of piperidine rings is 2. The summed E-state index contributed by atoms with van der Waals surface area (Å²) in [5, 5.41) is 3.12. The van der Waals surface area contributed by atoms with E-state index in [4.69, 9.17) is 0 Å². The largest absolute Gasteiger partial charge is 0.372 e. The lowest BCUT2D eigenvalue weighted by Gasteiger charge is -2.32. The number of amides is 1. The van der Waals surface area contributed by atoms with Crippen molar-refractivity contribution in [1.82, 2.24) is 9.62 Å². The Morgan fingerprint density at radius 2 is 1.62 bits per heavy atom. The Morgan fingerprint density at radius 1 is 0.971 bits per heavy atom. The molecule has 2 aromatic rings. The first-order valence-corrected chi connectivity index (χ1v) is 13.9. The number of anilines is 1. The number of aryl methyl sites for hydroxylation is 1. The molecule has 2 heterocycles. The van der Waals surface area contributed by atoms with Crippen LogP contribution in [0.4, 0.5) is 5.69 Å². The molecule has 2 aliphatic heterocycles. The molecule has 184 valence electrons. The van der Waals surface area contributed by atoms with Crippen LogP contribution in [0.3, 0.4) is 0 Å². The fourth-order valence-corrected chi connectivity index (χ4v) is 6.41. The van der Waals surface area contributed by atoms with Crippen molar-refractivity contribution in [3.05, 3.63) is 59.7 Å². The molecule has 2 fully saturated rings. The third kappa shape index (κ3) is 5.63. The molecule has 4 rings (SSSR count). The number of benzene rings is 2. The van der Waals surface area contributed by atoms with E-state index in [1.165, 1.54) is 22.8 Å². The van der Waals surface area contributed by atoms with E-state index in [2.05, 4.69) is 41.4 Å². The maximum absolute atomic E-state index is 13.1. The number of nitrogens with zero attached hydrogens (tertiary/aromatic N) is 2. The zero-order chi connectivity index (χ0) is 24.3. The molecule has 0 aliphatic carbocycles. The van der Waals surface area contributed by atoms with Gasteiger partial charge >= 0.3 is 0 Å². The fourth-order valence-electron chi connectivity index (χ4n) is 4.89. The van der Waals surface area contributed by atoms with Gasteiger partial charge in [-0.15, -0.1) is 0 Å². The summed E-state index contributed by atoms with van der Waals surface area (Å²) in [6, 6.07) is 15.2. The minimum atomic E-state index is -3.60. The number of hydrogen-bond acceptors (Lipinski definition) is 4. The van der Waals surface area contributed by atoms with Gasteiger partial charge < -0.3 is 10.2 Å². The summed E-state index contributed by atoms with van der Waals surface area (Å²) in [7, 11) is -3.60. The predicted octanol–water partition coefficient (Wildman–Crippen LogP) is 4.51. The Kier molecular flexibility index (Phi) is 7.63. The normalized spacial score (nSPS) is 21.3. The lowest BCUT2D eigenvalue weighted by molar-refractivity contribution is -0.126. The summed E-state index contributed by atoms with van der Waals surface area (Å²) >= 11 is 0. The molecule has 2 aromatic carbocycles. The smallest absolute Gasteiger partial charge is 0.243 e. The summed E-state index contributed by atoms with van der Waals surface area (Å²) < 4.78 is 27.6. The first-order valence-electron chi connectivity index (χ1n) is 12.5. The molecule has 6 nitrogen and oxygen atoms in total. The van der Waals surface area contributed by atoms with Crippen LogP contribution >= 0.6 is 0 Å². The van der Waals surface area contributed by atoms with Crippen LogP contribution in [0, 0.1) is 18.8 Å². The van der Waals surface area contributed by atoms with Crippen molar-refractivity contribution in [2.24, 2.45) is 11.8 Å². The average molecular weight is 484 g/mol. The standard InChI is InChI=1S/C27H37N3O3S/c1-20-6-12-26(13-7-20)34(32,33)30-16-4-5-24(19-30)27(31)28-22(3)23-8-10-25(11-9-23)29-17-14-21(2)15-18-29/h6-13,21-22,24H,4-5,14-19H2,1-3H3,(H,28,31)/t22-,24+/m0/s1. The first-order chi connectivity index (χ1) is 16.2. The molecule has 0 spiro atoms. The van der Waals surface area contributed by atoms with Crippen molar-refractivity contribution in [3.63, 3.8) is 0 Å². The number of carbonyl (C=O) groups excluding carboxylic acids is 1. The van der Waals surface area contributed by atoms with E-state index in [1.54, 1.807) is 24.3 Å². The molecule has 34 heavy (non-hydrogen) atoms. The van der Waals surface area contributed by atoms with Gasteiger partial charge in [0.05, 0.1) is 16.9 Å². The molecule has 1 N–H and O–H groups in total. The quantitative estimate of drug-likeness (QED) is 0.656. The molecule has 0 unspecified atom stereocenters. The number of sulfonamides is 1. The fraction of sp³-hybridized carbons (Fsp3) is 0.519. The SMILES string of the molecule is Cc1ccc(S(=O)(=O)N2CCC[C@@H](C(=O)N[C@@H](C)c3ccc(N4CCC(C)CC4)cc3)C2)cc1. The maximum Gasteiger partial charge on any atom is 0.243 e. The summed E-state index contributed by atoms with van der Waals surface area (Å²) in [4.78, 5) is 15.8. The van der Waals surface area contributed by atoms with Crippen LogP contribution < -0.4 is 10.2 Å². The minimum Gasteiger partial charge on any atom is -0.372 e. The topological polar surface area (TPSA) is 69.7 Å². The van der Waals surface area contributed by atoms with Crippen molar-refractivity contribution in [3.8, 4) is 0 Å². The number of hydrogen-bond donors (Lipinski definition) is 1. The van der Waals surface area contributed by atoms with Gasteiger partial charge in [-0.3, -0.25) is 4.79 Å². The van der Waals surface area contributed by atoms with E-state index in [1.807, 2.05) is 13.8 Å². The van der Waals surface area contributed by atoms with Crippen LogP contribution in [-0.4, -0.2) is 44.8 Å². The Hall–Kier alpha value is -2.38. The van der Waals surface area contributed by atoms with Gasteiger partial charge in [0, 0.05) is 31.9 Å². The van der Waals surface area contributed by atoms with E-state index >= 15 is 0 Å². The molecule has 2 aliphatic rings. The van der Waals surface area contributed by atoms with E-state index in [0.717, 1.165) is 30.1 Å². The number of carbonyl (C=O) groups is 1. The van der Waals surface area contributed by atoms with Gasteiger partial charge in [-0.05, 0) is 75.3 Å². The second-order valence-electron chi connectivity index (χ2n) is 10.0. The average Bonchev–Trinajstić information content (AvgIpc) is 2.85. The lowest BCUT2D eigenvalue weighted by Crippen LogP contribution is -2.45. The van der Waals surface area contributed by atoms with Gasteiger partial charge in [0.1, 0.15) is 0 Å². The van der Waals surface area contributed by atoms with Gasteiger partial charge in [-0.25, -0.2) is 8.42 Å². The molecule has 7 heteroatoms. The molecule has 0 bridgehead atoms. The molecular weight excluding hydrogens is 446 g/mol. The highest BCUT2D eigenvalue weighted by Crippen LogP contribution is 2.27. The lowest BCUT2D eigenvalue weighted by atomic mass is 9.97. The summed E-state index contributed by atoms with van der Waals surface area (Å²) in [5.74, 6) is 0.379. The number of nitrogens with one attached hydrogen (secondary N) is 1. The van der Waals surface area contributed by atoms with E-state index < -0.39 is 10.0 Å². The zero-order valence-electron chi connectivity index (χ0n) is 20.5. The van der Waals surface area contributed by atoms with Crippen molar-refractivity contribution in [2.75, 3.05) is 31.1 Å². The number of rotatable bonds is 6. The molecule has 0 saturated carbocycles. The van der Waals surface area contributed by atoms with Crippen molar-refractivity contribution >= 4 is 21.6 Å². The van der Waals surface area contributed by atoms with Crippen LogP contribution in [0.5, 0.6) is 0 Å². The molecule has 1 amide bonds. The third-order valence-corrected chi connectivity index (χ3v) is 9.19. The van der Waals surface area contributed by atoms with Crippen LogP contribution in [0.2, 0.25) is 0 Å². The van der Waals surface area contributed by atoms with Crippen molar-refractivity contribution in [2.45, 2.75) is 57.4 Å². The molecule has 0 aromatic heterocycles. The molecule has 2 saturated heterocycles. The van der Waals surface area contributed by atoms with Gasteiger partial charge in [0.2, 0.25) is 15.9 Å². The molecular formula is C27H37N3O3S. The third-order valence-electron chi connectivity index (χ3n) is 7.31. The Labute approximate surface area is 204 Å². The second-order valence-corrected chi connectivity index (χ2v) is 11.9. The van der Waals surface area contributed by atoms with Crippen LogP contribution in [-0.2, 0) is 14.8 Å². The Morgan fingerprint density at radius 3 is 2.26 bits per heavy atom. The maximum atomic E-state index is 13.1. The second kappa shape index (κ2) is 10.5. The van der Waals surface area contributed by atoms with Crippen molar-refractivity contribution < 1.29 is 13.2 Å². The summed E-state index contributed by atoms with van der Waals surface area (Å²) in [6.45, 7) is 9.09. The predicted molar refractivity (Wildman–Crippen MR) is 136 cm³/mol. The molecule has 2 atom stereocenters. The monoisotopic (exact) mass is 483 g/mol. The van der Waals surface area contributed by atoms with Crippen LogP contribution in [0.1, 0.15) is 56.7 Å². The minimum absolute atomic E-state index is 0.0783. The highest BCUT2D eigenvalue weighted by molar-refractivity contribution is 7.89. The van der Waals surface area contributed by atoms with E-state index in [9.17, 15) is 13.2 Å². The Bertz CT molecular complexity index is 1080. The van der Waals surface area contributed by atoms with Gasteiger partial charge in [0.15, 0.2) is 0 Å². The van der Waals surface area contributed by atoms with Gasteiger partial charge in [-0.2, -0.15) is 4.31 Å². The van der Waals surface area contributed by atoms with Crippen LogP contribution in [0.25, 0.3) is 0 Å². The Balaban J connectivity index is 1.36. The van der Waals surface area contributed by atoms with E-state index in [-0.39, 0.29) is 29.3 Å². The summed E-state index contributed by atoms with van der Waals surface area (Å²) in [6.07, 6.45) is 3.84. The van der Waals surface area contributed by atoms with Gasteiger partial charge in [-0.1, -0.05) is 36.8 Å². The van der Waals surface area contributed by atoms with Crippen LogP contribution in [0.15, 0.2) is 53.4 Å². The van der Waals surface area contributed by atoms with Gasteiger partial charge in [0.25, 0.3) is 0 Å². The molecule has 0 radical (unpaired) electrons. The zero-order valence-corrected chi connectivity index (χ0v) is 21.4. The highest BCUT2D eigenvalue weighted by atomic mass is 32.2. The summed E-state index contributed by atoms with van der Waals surface area (Å²) in [5.41, 5.74) is 3.31. The van der Waals surface area contributed by atoms with Crippen molar-refractivity contribution in [1.29, 1.82) is 0 Å².